The summed E-state index contributed by atoms with van der Waals surface area (Å²) in [6.45, 7) is 6.31. The Morgan fingerprint density at radius 1 is 1.11 bits per heavy atom. The van der Waals surface area contributed by atoms with E-state index in [0.717, 1.165) is 22.4 Å². The lowest BCUT2D eigenvalue weighted by molar-refractivity contribution is -0.120. The van der Waals surface area contributed by atoms with Crippen molar-refractivity contribution < 1.29 is 13.2 Å². The predicted octanol–water partition coefficient (Wildman–Crippen LogP) is 4.30. The van der Waals surface area contributed by atoms with E-state index in [1.807, 2.05) is 39.0 Å². The molecule has 0 bridgehead atoms. The number of hydrogen-bond acceptors (Lipinski definition) is 3. The number of piperidine rings is 1. The first-order valence-corrected chi connectivity index (χ1v) is 11.1. The minimum atomic E-state index is -3.69. The second-order valence-electron chi connectivity index (χ2n) is 7.42. The lowest BCUT2D eigenvalue weighted by atomic mass is 9.98. The van der Waals surface area contributed by atoms with Crippen molar-refractivity contribution in [3.63, 3.8) is 0 Å². The highest BCUT2D eigenvalue weighted by atomic mass is 35.5. The molecule has 1 N–H and O–H groups in total. The first-order chi connectivity index (χ1) is 13.2. The number of carbonyl (C=O) groups excluding carboxylic acids is 1. The van der Waals surface area contributed by atoms with Gasteiger partial charge in [-0.2, -0.15) is 4.31 Å². The lowest BCUT2D eigenvalue weighted by Gasteiger charge is -2.31. The van der Waals surface area contributed by atoms with Crippen LogP contribution in [-0.4, -0.2) is 31.7 Å². The van der Waals surface area contributed by atoms with Gasteiger partial charge < -0.3 is 5.32 Å². The Hall–Kier alpha value is -1.89. The molecular formula is C21H25ClN2O3S. The van der Waals surface area contributed by atoms with Gasteiger partial charge in [-0.15, -0.1) is 0 Å². The largest absolute Gasteiger partial charge is 0.326 e. The van der Waals surface area contributed by atoms with Gasteiger partial charge in [0, 0.05) is 23.8 Å². The fraction of sp³-hybridized carbons (Fsp3) is 0.381. The minimum absolute atomic E-state index is 0.143. The smallest absolute Gasteiger partial charge is 0.243 e. The van der Waals surface area contributed by atoms with Gasteiger partial charge in [0.25, 0.3) is 0 Å². The average molecular weight is 421 g/mol. The third kappa shape index (κ3) is 4.40. The predicted molar refractivity (Wildman–Crippen MR) is 112 cm³/mol. The third-order valence-electron chi connectivity index (χ3n) is 5.19. The van der Waals surface area contributed by atoms with Gasteiger partial charge in [0.2, 0.25) is 15.9 Å². The van der Waals surface area contributed by atoms with Gasteiger partial charge in [0.15, 0.2) is 0 Å². The third-order valence-corrected chi connectivity index (χ3v) is 7.46. The Kier molecular flexibility index (Phi) is 6.12. The van der Waals surface area contributed by atoms with Crippen molar-refractivity contribution in [2.24, 2.45) is 5.92 Å². The summed E-state index contributed by atoms with van der Waals surface area (Å²) in [6, 6.07) is 10.6. The van der Waals surface area contributed by atoms with E-state index in [2.05, 4.69) is 5.32 Å². The molecule has 0 aliphatic carbocycles. The van der Waals surface area contributed by atoms with Crippen LogP contribution >= 0.6 is 11.6 Å². The van der Waals surface area contributed by atoms with Crippen molar-refractivity contribution in [2.45, 2.75) is 38.5 Å². The molecule has 1 aliphatic heterocycles. The summed E-state index contributed by atoms with van der Waals surface area (Å²) in [4.78, 5) is 13.0. The van der Waals surface area contributed by atoms with Crippen molar-refractivity contribution in [1.29, 1.82) is 0 Å². The van der Waals surface area contributed by atoms with E-state index < -0.39 is 10.0 Å². The zero-order chi connectivity index (χ0) is 20.5. The molecule has 1 heterocycles. The van der Waals surface area contributed by atoms with Gasteiger partial charge in [-0.05, 0) is 68.5 Å². The van der Waals surface area contributed by atoms with Crippen molar-refractivity contribution >= 4 is 33.2 Å². The number of carbonyl (C=O) groups is 1. The quantitative estimate of drug-likeness (QED) is 0.801. The molecule has 150 valence electrons. The molecule has 0 aromatic heterocycles. The Bertz CT molecular complexity index is 1000. The topological polar surface area (TPSA) is 66.5 Å². The van der Waals surface area contributed by atoms with Gasteiger partial charge in [-0.1, -0.05) is 29.8 Å². The van der Waals surface area contributed by atoms with Crippen molar-refractivity contribution in [1.82, 2.24) is 4.31 Å². The number of nitrogens with zero attached hydrogens (tertiary/aromatic N) is 1. The maximum atomic E-state index is 13.0. The number of nitrogens with one attached hydrogen (secondary N) is 1. The van der Waals surface area contributed by atoms with Crippen LogP contribution in [0.3, 0.4) is 0 Å². The van der Waals surface area contributed by atoms with Crippen molar-refractivity contribution in [2.75, 3.05) is 18.4 Å². The molecule has 1 amide bonds. The summed E-state index contributed by atoms with van der Waals surface area (Å²) >= 11 is 6.11. The number of rotatable bonds is 4. The fourth-order valence-corrected chi connectivity index (χ4v) is 5.16. The molecule has 1 saturated heterocycles. The Labute approximate surface area is 171 Å². The maximum Gasteiger partial charge on any atom is 0.243 e. The van der Waals surface area contributed by atoms with E-state index in [1.165, 1.54) is 10.4 Å². The number of anilines is 1. The summed E-state index contributed by atoms with van der Waals surface area (Å²) in [5.74, 6) is -0.528. The summed E-state index contributed by atoms with van der Waals surface area (Å²) in [6.07, 6.45) is 1.31. The van der Waals surface area contributed by atoms with Crippen LogP contribution in [0.1, 0.15) is 29.5 Å². The zero-order valence-electron chi connectivity index (χ0n) is 16.3. The first kappa shape index (κ1) is 20.8. The van der Waals surface area contributed by atoms with Gasteiger partial charge in [-0.3, -0.25) is 4.79 Å². The summed E-state index contributed by atoms with van der Waals surface area (Å²) in [5, 5.41) is 3.39. The van der Waals surface area contributed by atoms with Gasteiger partial charge in [-0.25, -0.2) is 8.42 Å². The van der Waals surface area contributed by atoms with Crippen LogP contribution in [-0.2, 0) is 14.8 Å². The summed E-state index contributed by atoms with van der Waals surface area (Å²) < 4.78 is 27.4. The Morgan fingerprint density at radius 3 is 2.54 bits per heavy atom. The summed E-state index contributed by atoms with van der Waals surface area (Å²) in [5.41, 5.74) is 3.64. The number of benzene rings is 2. The molecule has 1 atom stereocenters. The zero-order valence-corrected chi connectivity index (χ0v) is 17.9. The van der Waals surface area contributed by atoms with E-state index in [1.54, 1.807) is 12.1 Å². The number of amides is 1. The van der Waals surface area contributed by atoms with Crippen molar-refractivity contribution in [3.8, 4) is 0 Å². The molecular weight excluding hydrogens is 396 g/mol. The fourth-order valence-electron chi connectivity index (χ4n) is 3.36. The molecule has 0 saturated carbocycles. The molecule has 1 fully saturated rings. The standard InChI is InChI=1S/C21H25ClN2O3S/c1-14-6-7-16(3)20(11-14)23-21(25)17-5-4-10-24(13-17)28(26,27)18-9-8-15(2)19(22)12-18/h6-9,11-12,17H,4-5,10,13H2,1-3H3,(H,23,25)/t17-/m0/s1. The van der Waals surface area contributed by atoms with Gasteiger partial charge >= 0.3 is 0 Å². The van der Waals surface area contributed by atoms with E-state index in [-0.39, 0.29) is 23.3 Å². The van der Waals surface area contributed by atoms with Gasteiger partial charge in [0.05, 0.1) is 10.8 Å². The highest BCUT2D eigenvalue weighted by Gasteiger charge is 2.33. The average Bonchev–Trinajstić information content (AvgIpc) is 2.67. The molecule has 2 aromatic rings. The molecule has 3 rings (SSSR count). The molecule has 28 heavy (non-hydrogen) atoms. The second-order valence-corrected chi connectivity index (χ2v) is 9.77. The Morgan fingerprint density at radius 2 is 1.82 bits per heavy atom. The van der Waals surface area contributed by atoms with Crippen molar-refractivity contribution in [3.05, 3.63) is 58.1 Å². The maximum absolute atomic E-state index is 13.0. The van der Waals surface area contributed by atoms with Crippen LogP contribution in [0.5, 0.6) is 0 Å². The summed E-state index contributed by atoms with van der Waals surface area (Å²) in [7, 11) is -3.69. The molecule has 2 aromatic carbocycles. The van der Waals surface area contributed by atoms with E-state index in [4.69, 9.17) is 11.6 Å². The van der Waals surface area contributed by atoms with Crippen LogP contribution in [0.25, 0.3) is 0 Å². The van der Waals surface area contributed by atoms with Crippen LogP contribution in [0.4, 0.5) is 5.69 Å². The van der Waals surface area contributed by atoms with Crippen LogP contribution in [0.2, 0.25) is 5.02 Å². The number of aryl methyl sites for hydroxylation is 3. The molecule has 5 nitrogen and oxygen atoms in total. The lowest BCUT2D eigenvalue weighted by Crippen LogP contribution is -2.43. The van der Waals surface area contributed by atoms with Crippen LogP contribution < -0.4 is 5.32 Å². The monoisotopic (exact) mass is 420 g/mol. The van der Waals surface area contributed by atoms with E-state index in [9.17, 15) is 13.2 Å². The Balaban J connectivity index is 1.76. The van der Waals surface area contributed by atoms with Gasteiger partial charge in [0.1, 0.15) is 0 Å². The van der Waals surface area contributed by atoms with E-state index in [0.29, 0.717) is 24.4 Å². The number of sulfonamides is 1. The number of hydrogen-bond donors (Lipinski definition) is 1. The second kappa shape index (κ2) is 8.23. The normalized spacial score (nSPS) is 18.1. The molecule has 7 heteroatoms. The highest BCUT2D eigenvalue weighted by molar-refractivity contribution is 7.89. The molecule has 0 radical (unpaired) electrons. The number of halogens is 1. The van der Waals surface area contributed by atoms with E-state index >= 15 is 0 Å². The molecule has 1 aliphatic rings. The van der Waals surface area contributed by atoms with Crippen LogP contribution in [0, 0.1) is 26.7 Å². The highest BCUT2D eigenvalue weighted by Crippen LogP contribution is 2.27. The molecule has 0 spiro atoms. The SMILES string of the molecule is Cc1ccc(C)c(NC(=O)[C@H]2CCCN(S(=O)(=O)c3ccc(C)c(Cl)c3)C2)c1. The molecule has 0 unspecified atom stereocenters. The minimum Gasteiger partial charge on any atom is -0.326 e. The van der Waals surface area contributed by atoms with Crippen LogP contribution in [0.15, 0.2) is 41.3 Å². The first-order valence-electron chi connectivity index (χ1n) is 9.33.